The summed E-state index contributed by atoms with van der Waals surface area (Å²) in [5, 5.41) is 23.5. The Morgan fingerprint density at radius 1 is 1.07 bits per heavy atom. The molecule has 0 saturated heterocycles. The zero-order chi connectivity index (χ0) is 21.2. The number of rotatable bonds is 11. The third-order valence-electron chi connectivity index (χ3n) is 4.78. The van der Waals surface area contributed by atoms with Crippen LogP contribution in [-0.4, -0.2) is 52.2 Å². The van der Waals surface area contributed by atoms with Crippen molar-refractivity contribution in [3.63, 3.8) is 0 Å². The number of ether oxygens (including phenoxy) is 1. The minimum Gasteiger partial charge on any atom is -0.481 e. The zero-order valence-corrected chi connectivity index (χ0v) is 16.0. The van der Waals surface area contributed by atoms with Gasteiger partial charge in [0, 0.05) is 12.5 Å². The van der Waals surface area contributed by atoms with Gasteiger partial charge < -0.3 is 20.3 Å². The molecule has 9 heteroatoms. The van der Waals surface area contributed by atoms with Crippen molar-refractivity contribution in [1.29, 1.82) is 0 Å². The number of aliphatic carboxylic acids is 2. The first-order valence-corrected chi connectivity index (χ1v) is 9.58. The van der Waals surface area contributed by atoms with E-state index < -0.39 is 42.3 Å². The Labute approximate surface area is 168 Å². The van der Waals surface area contributed by atoms with Gasteiger partial charge in [-0.15, -0.1) is 0 Å². The molecule has 9 nitrogen and oxygen atoms in total. The van der Waals surface area contributed by atoms with Crippen LogP contribution < -0.4 is 10.6 Å². The quantitative estimate of drug-likeness (QED) is 0.407. The molecule has 158 valence electrons. The monoisotopic (exact) mass is 406 g/mol. The molecule has 0 aromatic heterocycles. The number of carboxylic acid groups (broad SMARTS) is 2. The van der Waals surface area contributed by atoms with E-state index in [-0.39, 0.29) is 19.1 Å². The fourth-order valence-electron chi connectivity index (χ4n) is 3.26. The number of hydrogen-bond acceptors (Lipinski definition) is 6. The molecule has 1 aliphatic carbocycles. The summed E-state index contributed by atoms with van der Waals surface area (Å²) in [6, 6.07) is 5.98. The third-order valence-corrected chi connectivity index (χ3v) is 4.78. The molecule has 0 spiro atoms. The van der Waals surface area contributed by atoms with Crippen LogP contribution in [0.4, 0.5) is 4.79 Å². The van der Waals surface area contributed by atoms with E-state index in [0.717, 1.165) is 31.2 Å². The highest BCUT2D eigenvalue weighted by Crippen LogP contribution is 2.19. The lowest BCUT2D eigenvalue weighted by Crippen LogP contribution is -2.55. The first kappa shape index (κ1) is 22.4. The zero-order valence-electron chi connectivity index (χ0n) is 16.0. The van der Waals surface area contributed by atoms with E-state index in [1.54, 1.807) is 24.3 Å². The lowest BCUT2D eigenvalue weighted by Gasteiger charge is -2.23. The summed E-state index contributed by atoms with van der Waals surface area (Å²) < 4.78 is 5.07. The van der Waals surface area contributed by atoms with Crippen LogP contribution >= 0.6 is 0 Å². The van der Waals surface area contributed by atoms with E-state index in [9.17, 15) is 24.3 Å². The summed E-state index contributed by atoms with van der Waals surface area (Å²) in [7, 11) is 0. The molecule has 0 bridgehead atoms. The molecule has 1 aromatic carbocycles. The van der Waals surface area contributed by atoms with Crippen molar-refractivity contribution >= 4 is 23.8 Å². The van der Waals surface area contributed by atoms with Gasteiger partial charge in [-0.1, -0.05) is 43.2 Å². The molecule has 1 saturated carbocycles. The van der Waals surface area contributed by atoms with Crippen LogP contribution in [0, 0.1) is 0 Å². The number of alkyl carbamates (subject to hydrolysis) is 1. The highest BCUT2D eigenvalue weighted by Gasteiger charge is 2.35. The standard InChI is InChI=1S/C20H26N2O7/c23-16(24)11-10-15(22-20(28)29-12-13-6-2-1-3-7-13)18(25)17(19(26)27)21-14-8-4-5-9-14/h1-3,6-7,14-15,17,21H,4-5,8-12H2,(H,22,28)(H,23,24)(H,26,27). The molecule has 1 amide bonds. The van der Waals surface area contributed by atoms with Gasteiger partial charge in [0.2, 0.25) is 0 Å². The molecule has 2 rings (SSSR count). The molecular weight excluding hydrogens is 380 g/mol. The van der Waals surface area contributed by atoms with E-state index in [1.807, 2.05) is 6.07 Å². The van der Waals surface area contributed by atoms with Crippen LogP contribution in [0.3, 0.4) is 0 Å². The fraction of sp³-hybridized carbons (Fsp3) is 0.500. The van der Waals surface area contributed by atoms with Crippen molar-refractivity contribution in [2.75, 3.05) is 0 Å². The van der Waals surface area contributed by atoms with Gasteiger partial charge in [0.15, 0.2) is 11.8 Å². The largest absolute Gasteiger partial charge is 0.481 e. The summed E-state index contributed by atoms with van der Waals surface area (Å²) in [5.41, 5.74) is 0.738. The topological polar surface area (TPSA) is 142 Å². The number of Topliss-reactive ketones (excluding diaryl/α,β-unsaturated/α-hetero) is 1. The predicted octanol–water partition coefficient (Wildman–Crippen LogP) is 1.70. The maximum atomic E-state index is 12.8. The molecule has 1 fully saturated rings. The smallest absolute Gasteiger partial charge is 0.408 e. The van der Waals surface area contributed by atoms with Crippen molar-refractivity contribution in [2.24, 2.45) is 0 Å². The second-order valence-corrected chi connectivity index (χ2v) is 7.01. The van der Waals surface area contributed by atoms with Crippen LogP contribution in [0.5, 0.6) is 0 Å². The van der Waals surface area contributed by atoms with Crippen LogP contribution in [-0.2, 0) is 25.7 Å². The molecule has 4 N–H and O–H groups in total. The fourth-order valence-corrected chi connectivity index (χ4v) is 3.26. The highest BCUT2D eigenvalue weighted by atomic mass is 16.5. The minimum atomic E-state index is -1.52. The summed E-state index contributed by atoms with van der Waals surface area (Å²) in [6.07, 6.45) is 1.89. The van der Waals surface area contributed by atoms with E-state index in [4.69, 9.17) is 9.84 Å². The van der Waals surface area contributed by atoms with E-state index in [0.29, 0.717) is 0 Å². The average Bonchev–Trinajstić information content (AvgIpc) is 3.21. The first-order chi connectivity index (χ1) is 13.9. The van der Waals surface area contributed by atoms with Crippen LogP contribution in [0.15, 0.2) is 30.3 Å². The Kier molecular flexibility index (Phi) is 8.60. The lowest BCUT2D eigenvalue weighted by atomic mass is 9.99. The maximum absolute atomic E-state index is 12.8. The summed E-state index contributed by atoms with van der Waals surface area (Å²) in [5.74, 6) is -3.30. The van der Waals surface area contributed by atoms with Crippen molar-refractivity contribution in [3.05, 3.63) is 35.9 Å². The molecule has 0 heterocycles. The van der Waals surface area contributed by atoms with Crippen molar-refractivity contribution in [2.45, 2.75) is 63.3 Å². The Morgan fingerprint density at radius 2 is 1.72 bits per heavy atom. The number of nitrogens with one attached hydrogen (secondary N) is 2. The summed E-state index contributed by atoms with van der Waals surface area (Å²) >= 11 is 0. The van der Waals surface area contributed by atoms with Gasteiger partial charge in [-0.05, 0) is 24.8 Å². The summed E-state index contributed by atoms with van der Waals surface area (Å²) in [6.45, 7) is -0.0325. The van der Waals surface area contributed by atoms with Crippen LogP contribution in [0.1, 0.15) is 44.1 Å². The lowest BCUT2D eigenvalue weighted by molar-refractivity contribution is -0.144. The number of ketones is 1. The minimum absolute atomic E-state index is 0.0325. The van der Waals surface area contributed by atoms with Crippen molar-refractivity contribution in [3.8, 4) is 0 Å². The average molecular weight is 406 g/mol. The maximum Gasteiger partial charge on any atom is 0.408 e. The molecule has 1 aliphatic rings. The Hall–Kier alpha value is -2.94. The number of carbonyl (C=O) groups is 4. The highest BCUT2D eigenvalue weighted by molar-refractivity contribution is 6.06. The molecule has 1 aromatic rings. The second kappa shape index (κ2) is 11.2. The van der Waals surface area contributed by atoms with E-state index in [1.165, 1.54) is 0 Å². The van der Waals surface area contributed by atoms with E-state index >= 15 is 0 Å². The van der Waals surface area contributed by atoms with E-state index in [2.05, 4.69) is 10.6 Å². The molecule has 0 radical (unpaired) electrons. The Balaban J connectivity index is 2.01. The Morgan fingerprint density at radius 3 is 2.31 bits per heavy atom. The summed E-state index contributed by atoms with van der Waals surface area (Å²) in [4.78, 5) is 47.4. The second-order valence-electron chi connectivity index (χ2n) is 7.01. The molecule has 29 heavy (non-hydrogen) atoms. The molecule has 2 atom stereocenters. The van der Waals surface area contributed by atoms with Gasteiger partial charge in [-0.3, -0.25) is 19.7 Å². The molecule has 2 unspecified atom stereocenters. The SMILES string of the molecule is O=C(O)CCC(NC(=O)OCc1ccccc1)C(=O)C(NC1CCCC1)C(=O)O. The number of carbonyl (C=O) groups excluding carboxylic acids is 2. The molecular formula is C20H26N2O7. The van der Waals surface area contributed by atoms with Gasteiger partial charge in [-0.2, -0.15) is 0 Å². The number of amides is 1. The van der Waals surface area contributed by atoms with Gasteiger partial charge >= 0.3 is 18.0 Å². The first-order valence-electron chi connectivity index (χ1n) is 9.58. The van der Waals surface area contributed by atoms with Gasteiger partial charge in [0.1, 0.15) is 6.61 Å². The van der Waals surface area contributed by atoms with Crippen LogP contribution in [0.25, 0.3) is 0 Å². The number of carboxylic acids is 2. The Bertz CT molecular complexity index is 717. The predicted molar refractivity (Wildman–Crippen MR) is 102 cm³/mol. The molecule has 0 aliphatic heterocycles. The van der Waals surface area contributed by atoms with Gasteiger partial charge in [0.25, 0.3) is 0 Å². The third kappa shape index (κ3) is 7.53. The number of benzene rings is 1. The van der Waals surface area contributed by atoms with Crippen LogP contribution in [0.2, 0.25) is 0 Å². The van der Waals surface area contributed by atoms with Crippen molar-refractivity contribution in [1.82, 2.24) is 10.6 Å². The number of hydrogen-bond donors (Lipinski definition) is 4. The van der Waals surface area contributed by atoms with Gasteiger partial charge in [0.05, 0.1) is 6.04 Å². The van der Waals surface area contributed by atoms with Gasteiger partial charge in [-0.25, -0.2) is 4.79 Å². The normalized spacial score (nSPS) is 16.0. The van der Waals surface area contributed by atoms with Crippen molar-refractivity contribution < 1.29 is 34.1 Å².